The number of nitrogens with one attached hydrogen (secondary N) is 1. The first-order valence-corrected chi connectivity index (χ1v) is 10.7. The summed E-state index contributed by atoms with van der Waals surface area (Å²) in [5, 5.41) is 2.94. The van der Waals surface area contributed by atoms with Gasteiger partial charge in [0, 0.05) is 38.3 Å². The molecule has 6 nitrogen and oxygen atoms in total. The van der Waals surface area contributed by atoms with Crippen LogP contribution in [-0.4, -0.2) is 67.5 Å². The minimum atomic E-state index is -0.355. The van der Waals surface area contributed by atoms with Gasteiger partial charge in [-0.25, -0.2) is 4.39 Å². The Labute approximate surface area is 183 Å². The van der Waals surface area contributed by atoms with Crippen LogP contribution in [-0.2, 0) is 4.79 Å². The monoisotopic (exact) mass is 427 g/mol. The van der Waals surface area contributed by atoms with Crippen LogP contribution < -0.4 is 10.1 Å². The molecule has 0 aliphatic carbocycles. The minimum Gasteiger partial charge on any atom is -0.494 e. The van der Waals surface area contributed by atoms with Gasteiger partial charge < -0.3 is 15.0 Å². The van der Waals surface area contributed by atoms with E-state index >= 15 is 0 Å². The lowest BCUT2D eigenvalue weighted by Crippen LogP contribution is -2.40. The zero-order chi connectivity index (χ0) is 22.1. The number of carbonyl (C=O) groups excluding carboxylic acids is 2. The summed E-state index contributed by atoms with van der Waals surface area (Å²) < 4.78 is 18.8. The highest BCUT2D eigenvalue weighted by Crippen LogP contribution is 2.12. The molecule has 0 radical (unpaired) electrons. The number of ether oxygens (including phenoxy) is 1. The highest BCUT2D eigenvalue weighted by atomic mass is 19.1. The molecule has 1 saturated heterocycles. The summed E-state index contributed by atoms with van der Waals surface area (Å²) in [5.74, 6) is 0.371. The molecule has 2 aromatic rings. The Hall–Kier alpha value is -2.93. The number of benzene rings is 2. The van der Waals surface area contributed by atoms with Crippen LogP contribution in [0.3, 0.4) is 0 Å². The van der Waals surface area contributed by atoms with Gasteiger partial charge in [0.25, 0.3) is 5.91 Å². The summed E-state index contributed by atoms with van der Waals surface area (Å²) in [5.41, 5.74) is 1.64. The maximum atomic E-state index is 13.1. The smallest absolute Gasteiger partial charge is 0.253 e. The van der Waals surface area contributed by atoms with E-state index in [0.29, 0.717) is 44.9 Å². The van der Waals surface area contributed by atoms with Crippen LogP contribution in [0.15, 0.2) is 48.5 Å². The summed E-state index contributed by atoms with van der Waals surface area (Å²) in [6.45, 7) is 6.03. The molecule has 1 aliphatic heterocycles. The number of carbonyl (C=O) groups is 2. The lowest BCUT2D eigenvalue weighted by atomic mass is 10.2. The lowest BCUT2D eigenvalue weighted by molar-refractivity contribution is -0.122. The van der Waals surface area contributed by atoms with Crippen molar-refractivity contribution in [2.75, 3.05) is 45.9 Å². The van der Waals surface area contributed by atoms with Crippen LogP contribution in [0.2, 0.25) is 0 Å². The Bertz CT molecular complexity index is 873. The Balaban J connectivity index is 1.34. The first-order chi connectivity index (χ1) is 15.0. The summed E-state index contributed by atoms with van der Waals surface area (Å²) >= 11 is 0. The molecule has 1 aliphatic rings. The molecule has 0 spiro atoms. The molecular weight excluding hydrogens is 397 g/mol. The molecule has 1 N–H and O–H groups in total. The Kier molecular flexibility index (Phi) is 8.41. The largest absolute Gasteiger partial charge is 0.494 e. The van der Waals surface area contributed by atoms with Crippen molar-refractivity contribution in [1.82, 2.24) is 15.1 Å². The first kappa shape index (κ1) is 22.7. The molecule has 0 saturated carbocycles. The first-order valence-electron chi connectivity index (χ1n) is 10.7. The fraction of sp³-hybridized carbons (Fsp3) is 0.417. The van der Waals surface area contributed by atoms with Crippen molar-refractivity contribution in [2.24, 2.45) is 0 Å². The highest BCUT2D eigenvalue weighted by Gasteiger charge is 2.21. The quantitative estimate of drug-likeness (QED) is 0.658. The van der Waals surface area contributed by atoms with Crippen molar-refractivity contribution in [1.29, 1.82) is 0 Å². The molecule has 0 bridgehead atoms. The number of aryl methyl sites for hydroxylation is 1. The van der Waals surface area contributed by atoms with Crippen LogP contribution in [0.4, 0.5) is 4.39 Å². The lowest BCUT2D eigenvalue weighted by Gasteiger charge is -2.22. The molecule has 3 rings (SSSR count). The van der Waals surface area contributed by atoms with Gasteiger partial charge in [0.05, 0.1) is 13.2 Å². The molecule has 166 valence electrons. The van der Waals surface area contributed by atoms with Gasteiger partial charge in [0.1, 0.15) is 11.6 Å². The normalized spacial score (nSPS) is 14.7. The number of rotatable bonds is 8. The van der Waals surface area contributed by atoms with E-state index < -0.39 is 0 Å². The zero-order valence-corrected chi connectivity index (χ0v) is 18.0. The molecule has 0 unspecified atom stereocenters. The summed E-state index contributed by atoms with van der Waals surface area (Å²) in [7, 11) is 0. The minimum absolute atomic E-state index is 0.0196. The van der Waals surface area contributed by atoms with Gasteiger partial charge in [-0.3, -0.25) is 14.5 Å². The highest BCUT2D eigenvalue weighted by molar-refractivity contribution is 5.94. The number of nitrogens with zero attached hydrogens (tertiary/aromatic N) is 2. The molecule has 1 heterocycles. The second kappa shape index (κ2) is 11.5. The van der Waals surface area contributed by atoms with Crippen molar-refractivity contribution < 1.29 is 18.7 Å². The van der Waals surface area contributed by atoms with Crippen LogP contribution in [0.25, 0.3) is 0 Å². The summed E-state index contributed by atoms with van der Waals surface area (Å²) in [6, 6.07) is 13.5. The predicted octanol–water partition coefficient (Wildman–Crippen LogP) is 2.87. The van der Waals surface area contributed by atoms with E-state index in [0.717, 1.165) is 30.7 Å². The van der Waals surface area contributed by atoms with Gasteiger partial charge in [-0.15, -0.1) is 0 Å². The fourth-order valence-electron chi connectivity index (χ4n) is 3.56. The van der Waals surface area contributed by atoms with Crippen molar-refractivity contribution in [3.63, 3.8) is 0 Å². The van der Waals surface area contributed by atoms with Crippen LogP contribution >= 0.6 is 0 Å². The van der Waals surface area contributed by atoms with Gasteiger partial charge in [0.15, 0.2) is 0 Å². The second-order valence-corrected chi connectivity index (χ2v) is 7.80. The molecule has 1 fully saturated rings. The summed E-state index contributed by atoms with van der Waals surface area (Å²) in [4.78, 5) is 28.7. The van der Waals surface area contributed by atoms with Gasteiger partial charge >= 0.3 is 0 Å². The number of hydrogen-bond donors (Lipinski definition) is 1. The van der Waals surface area contributed by atoms with Gasteiger partial charge in [0.2, 0.25) is 5.91 Å². The topological polar surface area (TPSA) is 61.9 Å². The number of amides is 2. The van der Waals surface area contributed by atoms with Gasteiger partial charge in [-0.1, -0.05) is 12.1 Å². The molecule has 2 amide bonds. The number of halogens is 1. The molecule has 2 aromatic carbocycles. The van der Waals surface area contributed by atoms with Crippen molar-refractivity contribution in [2.45, 2.75) is 19.8 Å². The average molecular weight is 428 g/mol. The SMILES string of the molecule is Cc1cccc(OCCCNC(=O)CN2CCCN(C(=O)c3ccc(F)cc3)CC2)c1. The third kappa shape index (κ3) is 7.36. The average Bonchev–Trinajstić information content (AvgIpc) is 2.99. The Morgan fingerprint density at radius 3 is 2.65 bits per heavy atom. The van der Waals surface area contributed by atoms with Crippen molar-refractivity contribution in [3.05, 3.63) is 65.5 Å². The fourth-order valence-corrected chi connectivity index (χ4v) is 3.56. The molecule has 7 heteroatoms. The van der Waals surface area contributed by atoms with Gasteiger partial charge in [-0.2, -0.15) is 0 Å². The number of hydrogen-bond acceptors (Lipinski definition) is 4. The maximum absolute atomic E-state index is 13.1. The van der Waals surface area contributed by atoms with Crippen LogP contribution in [0, 0.1) is 12.7 Å². The standard InChI is InChI=1S/C24H30FN3O3/c1-19-5-2-6-22(17-19)31-16-3-11-26-23(29)18-27-12-4-13-28(15-14-27)24(30)20-7-9-21(25)10-8-20/h2,5-10,17H,3-4,11-16,18H2,1H3,(H,26,29). The van der Waals surface area contributed by atoms with Gasteiger partial charge in [-0.05, 0) is 61.7 Å². The van der Waals surface area contributed by atoms with E-state index in [1.165, 1.54) is 24.3 Å². The van der Waals surface area contributed by atoms with E-state index in [4.69, 9.17) is 4.74 Å². The van der Waals surface area contributed by atoms with Crippen molar-refractivity contribution >= 4 is 11.8 Å². The molecular formula is C24H30FN3O3. The molecule has 31 heavy (non-hydrogen) atoms. The third-order valence-corrected chi connectivity index (χ3v) is 5.24. The maximum Gasteiger partial charge on any atom is 0.253 e. The van der Waals surface area contributed by atoms with E-state index in [-0.39, 0.29) is 17.6 Å². The van der Waals surface area contributed by atoms with E-state index in [2.05, 4.69) is 10.2 Å². The van der Waals surface area contributed by atoms with E-state index in [1.807, 2.05) is 31.2 Å². The van der Waals surface area contributed by atoms with Crippen LogP contribution in [0.1, 0.15) is 28.8 Å². The Morgan fingerprint density at radius 2 is 1.87 bits per heavy atom. The second-order valence-electron chi connectivity index (χ2n) is 7.80. The van der Waals surface area contributed by atoms with Crippen LogP contribution in [0.5, 0.6) is 5.75 Å². The van der Waals surface area contributed by atoms with E-state index in [1.54, 1.807) is 4.90 Å². The third-order valence-electron chi connectivity index (χ3n) is 5.24. The predicted molar refractivity (Wildman–Crippen MR) is 118 cm³/mol. The molecule has 0 atom stereocenters. The summed E-state index contributed by atoms with van der Waals surface area (Å²) in [6.07, 6.45) is 1.53. The zero-order valence-electron chi connectivity index (χ0n) is 18.0. The van der Waals surface area contributed by atoms with E-state index in [9.17, 15) is 14.0 Å². The Morgan fingerprint density at radius 1 is 1.06 bits per heavy atom. The molecule has 0 aromatic heterocycles. The van der Waals surface area contributed by atoms with Crippen molar-refractivity contribution in [3.8, 4) is 5.75 Å².